The van der Waals surface area contributed by atoms with Crippen molar-refractivity contribution in [3.8, 4) is 5.69 Å². The van der Waals surface area contributed by atoms with Crippen LogP contribution in [0.4, 0.5) is 0 Å². The number of fused-ring (bicyclic) bond motifs is 1. The van der Waals surface area contributed by atoms with E-state index in [4.69, 9.17) is 11.6 Å². The second kappa shape index (κ2) is 9.38. The molecular formula is C22H26ClN5O2S. The van der Waals surface area contributed by atoms with Crippen LogP contribution in [0.1, 0.15) is 28.7 Å². The molecule has 7 nitrogen and oxygen atoms in total. The molecule has 2 aromatic heterocycles. The van der Waals surface area contributed by atoms with Crippen LogP contribution < -0.4 is 5.32 Å². The Morgan fingerprint density at radius 2 is 2.00 bits per heavy atom. The van der Waals surface area contributed by atoms with Gasteiger partial charge in [0.05, 0.1) is 27.8 Å². The summed E-state index contributed by atoms with van der Waals surface area (Å²) in [5.74, 6) is 0.0672. The second-order valence-electron chi connectivity index (χ2n) is 7.65. The van der Waals surface area contributed by atoms with Gasteiger partial charge in [0.15, 0.2) is 0 Å². The van der Waals surface area contributed by atoms with Crippen molar-refractivity contribution in [1.29, 1.82) is 0 Å². The summed E-state index contributed by atoms with van der Waals surface area (Å²) in [5, 5.41) is 9.06. The molecule has 0 radical (unpaired) electrons. The van der Waals surface area contributed by atoms with E-state index in [-0.39, 0.29) is 11.8 Å². The summed E-state index contributed by atoms with van der Waals surface area (Å²) in [6, 6.07) is 9.51. The van der Waals surface area contributed by atoms with Gasteiger partial charge in [0.2, 0.25) is 5.91 Å². The zero-order valence-electron chi connectivity index (χ0n) is 17.7. The van der Waals surface area contributed by atoms with Crippen molar-refractivity contribution < 1.29 is 9.59 Å². The molecule has 0 spiro atoms. The van der Waals surface area contributed by atoms with Crippen LogP contribution >= 0.6 is 22.9 Å². The minimum atomic E-state index is 0.0335. The van der Waals surface area contributed by atoms with E-state index < -0.39 is 0 Å². The molecule has 9 heteroatoms. The minimum Gasteiger partial charge on any atom is -0.355 e. The Labute approximate surface area is 190 Å². The lowest BCUT2D eigenvalue weighted by Gasteiger charge is -2.21. The smallest absolute Gasteiger partial charge is 0.264 e. The van der Waals surface area contributed by atoms with E-state index in [0.29, 0.717) is 42.6 Å². The third kappa shape index (κ3) is 4.61. The van der Waals surface area contributed by atoms with Gasteiger partial charge in [0.1, 0.15) is 4.83 Å². The summed E-state index contributed by atoms with van der Waals surface area (Å²) < 4.78 is 1.82. The first-order valence-corrected chi connectivity index (χ1v) is 11.7. The Bertz CT molecular complexity index is 1110. The number of hydrogen-bond acceptors (Lipinski definition) is 5. The zero-order valence-corrected chi connectivity index (χ0v) is 19.3. The number of thiophene rings is 1. The highest BCUT2D eigenvalue weighted by molar-refractivity contribution is 7.20. The number of likely N-dealkylation sites (N-methyl/N-ethyl adjacent to an activating group) is 1. The lowest BCUT2D eigenvalue weighted by molar-refractivity contribution is -0.122. The average molecular weight is 460 g/mol. The van der Waals surface area contributed by atoms with Gasteiger partial charge in [0, 0.05) is 38.1 Å². The number of hydrogen-bond donors (Lipinski definition) is 1. The Hall–Kier alpha value is -2.42. The molecule has 0 bridgehead atoms. The SMILES string of the molecule is CCNC(=O)CN1CCCN(C(=O)c2cc3c(C)nn(-c4ccccc4Cl)c3s2)CC1. The molecule has 1 aliphatic rings. The Balaban J connectivity index is 1.53. The van der Waals surface area contributed by atoms with Crippen molar-refractivity contribution in [2.75, 3.05) is 39.3 Å². The molecule has 1 aliphatic heterocycles. The van der Waals surface area contributed by atoms with Crippen LogP contribution in [0.2, 0.25) is 5.02 Å². The average Bonchev–Trinajstić information content (AvgIpc) is 3.22. The molecule has 1 aromatic carbocycles. The number of benzene rings is 1. The summed E-state index contributed by atoms with van der Waals surface area (Å²) in [7, 11) is 0. The lowest BCUT2D eigenvalue weighted by atomic mass is 10.3. The zero-order chi connectivity index (χ0) is 22.0. The number of nitrogens with zero attached hydrogens (tertiary/aromatic N) is 4. The number of carbonyl (C=O) groups is 2. The molecule has 0 aliphatic carbocycles. The molecule has 164 valence electrons. The van der Waals surface area contributed by atoms with Gasteiger partial charge >= 0.3 is 0 Å². The summed E-state index contributed by atoms with van der Waals surface area (Å²) >= 11 is 7.83. The molecule has 0 unspecified atom stereocenters. The fourth-order valence-corrected chi connectivity index (χ4v) is 5.24. The Morgan fingerprint density at radius 3 is 2.77 bits per heavy atom. The third-order valence-corrected chi connectivity index (χ3v) is 6.87. The molecule has 1 saturated heterocycles. The number of nitrogens with one attached hydrogen (secondary N) is 1. The van der Waals surface area contributed by atoms with Gasteiger partial charge < -0.3 is 10.2 Å². The first-order valence-electron chi connectivity index (χ1n) is 10.5. The van der Waals surface area contributed by atoms with Crippen LogP contribution in [0.5, 0.6) is 0 Å². The summed E-state index contributed by atoms with van der Waals surface area (Å²) in [4.78, 5) is 30.8. The van der Waals surface area contributed by atoms with E-state index in [9.17, 15) is 9.59 Å². The predicted octanol–water partition coefficient (Wildman–Crippen LogP) is 3.33. The van der Waals surface area contributed by atoms with Crippen molar-refractivity contribution in [3.05, 3.63) is 45.9 Å². The first kappa shape index (κ1) is 21.8. The van der Waals surface area contributed by atoms with E-state index >= 15 is 0 Å². The van der Waals surface area contributed by atoms with E-state index in [1.165, 1.54) is 11.3 Å². The van der Waals surface area contributed by atoms with E-state index in [2.05, 4.69) is 15.3 Å². The topological polar surface area (TPSA) is 70.5 Å². The molecule has 0 saturated carbocycles. The highest BCUT2D eigenvalue weighted by atomic mass is 35.5. The van der Waals surface area contributed by atoms with Crippen molar-refractivity contribution in [2.45, 2.75) is 20.3 Å². The van der Waals surface area contributed by atoms with Gasteiger partial charge in [-0.1, -0.05) is 23.7 Å². The molecule has 31 heavy (non-hydrogen) atoms. The maximum Gasteiger partial charge on any atom is 0.264 e. The number of aryl methyl sites for hydroxylation is 1. The van der Waals surface area contributed by atoms with Crippen molar-refractivity contribution in [3.63, 3.8) is 0 Å². The molecule has 1 fully saturated rings. The Morgan fingerprint density at radius 1 is 1.19 bits per heavy atom. The molecule has 2 amide bonds. The summed E-state index contributed by atoms with van der Waals surface area (Å²) in [6.07, 6.45) is 0.850. The van der Waals surface area contributed by atoms with E-state index in [0.717, 1.165) is 34.6 Å². The summed E-state index contributed by atoms with van der Waals surface area (Å²) in [5.41, 5.74) is 1.67. The number of rotatable bonds is 5. The van der Waals surface area contributed by atoms with Gasteiger partial charge in [-0.25, -0.2) is 4.68 Å². The predicted molar refractivity (Wildman–Crippen MR) is 124 cm³/mol. The number of carbonyl (C=O) groups excluding carboxylic acids is 2. The van der Waals surface area contributed by atoms with Crippen LogP contribution in [-0.4, -0.2) is 70.7 Å². The number of para-hydroxylation sites is 1. The van der Waals surface area contributed by atoms with E-state index in [1.54, 1.807) is 0 Å². The quantitative estimate of drug-likeness (QED) is 0.635. The van der Waals surface area contributed by atoms with Crippen LogP contribution in [0, 0.1) is 6.92 Å². The fraction of sp³-hybridized carbons (Fsp3) is 0.409. The second-order valence-corrected chi connectivity index (χ2v) is 9.09. The maximum atomic E-state index is 13.3. The highest BCUT2D eigenvalue weighted by Gasteiger charge is 2.24. The van der Waals surface area contributed by atoms with Gasteiger partial charge in [-0.05, 0) is 38.5 Å². The number of amides is 2. The van der Waals surface area contributed by atoms with Crippen LogP contribution in [0.25, 0.3) is 15.9 Å². The van der Waals surface area contributed by atoms with Gasteiger partial charge in [-0.3, -0.25) is 14.5 Å². The summed E-state index contributed by atoms with van der Waals surface area (Å²) in [6.45, 7) is 7.69. The molecule has 3 heterocycles. The van der Waals surface area contributed by atoms with Gasteiger partial charge in [0.25, 0.3) is 5.91 Å². The fourth-order valence-electron chi connectivity index (χ4n) is 3.88. The monoisotopic (exact) mass is 459 g/mol. The van der Waals surface area contributed by atoms with Crippen LogP contribution in [0.15, 0.2) is 30.3 Å². The molecule has 4 rings (SSSR count). The van der Waals surface area contributed by atoms with Gasteiger partial charge in [-0.15, -0.1) is 11.3 Å². The third-order valence-electron chi connectivity index (χ3n) is 5.45. The minimum absolute atomic E-state index is 0.0335. The number of aromatic nitrogens is 2. The van der Waals surface area contributed by atoms with Crippen LogP contribution in [0.3, 0.4) is 0 Å². The Kier molecular flexibility index (Phi) is 6.60. The molecule has 3 aromatic rings. The molecule has 0 atom stereocenters. The molecular weight excluding hydrogens is 434 g/mol. The first-order chi connectivity index (χ1) is 15.0. The van der Waals surface area contributed by atoms with Crippen molar-refractivity contribution >= 4 is 45.0 Å². The standard InChI is InChI=1S/C22H26ClN5O2S/c1-3-24-20(29)14-26-9-6-10-27(12-11-26)21(30)19-13-16-15(2)25-28(22(16)31-19)18-8-5-4-7-17(18)23/h4-5,7-8,13H,3,6,9-12,14H2,1-2H3,(H,24,29). The van der Waals surface area contributed by atoms with Crippen molar-refractivity contribution in [1.82, 2.24) is 24.9 Å². The van der Waals surface area contributed by atoms with Gasteiger partial charge in [-0.2, -0.15) is 5.10 Å². The number of halogens is 1. The molecule has 1 N–H and O–H groups in total. The van der Waals surface area contributed by atoms with Crippen molar-refractivity contribution in [2.24, 2.45) is 0 Å². The lowest BCUT2D eigenvalue weighted by Crippen LogP contribution is -2.39. The van der Waals surface area contributed by atoms with Crippen LogP contribution in [-0.2, 0) is 4.79 Å². The normalized spacial score (nSPS) is 15.3. The van der Waals surface area contributed by atoms with E-state index in [1.807, 2.05) is 53.8 Å². The maximum absolute atomic E-state index is 13.3. The largest absolute Gasteiger partial charge is 0.355 e. The highest BCUT2D eigenvalue weighted by Crippen LogP contribution is 2.33.